The normalized spacial score (nSPS) is 13.0. The molecule has 0 heterocycles. The Morgan fingerprint density at radius 3 is 2.71 bits per heavy atom. The average Bonchev–Trinajstić information content (AvgIpc) is 2.42. The Kier molecular flexibility index (Phi) is 7.66. The molecule has 1 rings (SSSR count). The molecule has 0 fully saturated rings. The molecule has 0 bridgehead atoms. The highest BCUT2D eigenvalue weighted by atomic mass is 127. The number of carbonyl (C=O) groups is 1. The van der Waals surface area contributed by atoms with Gasteiger partial charge in [0.1, 0.15) is 0 Å². The largest absolute Gasteiger partial charge is 0.469 e. The van der Waals surface area contributed by atoms with Crippen molar-refractivity contribution in [3.63, 3.8) is 0 Å². The first-order valence-corrected chi connectivity index (χ1v) is 8.45. The first-order chi connectivity index (χ1) is 9.89. The average molecular weight is 403 g/mol. The number of methoxy groups -OCH3 is 1. The van der Waals surface area contributed by atoms with Crippen LogP contribution in [0.1, 0.15) is 44.6 Å². The van der Waals surface area contributed by atoms with Gasteiger partial charge in [0.15, 0.2) is 0 Å². The molecule has 0 spiro atoms. The van der Waals surface area contributed by atoms with Crippen molar-refractivity contribution in [2.75, 3.05) is 20.7 Å². The summed E-state index contributed by atoms with van der Waals surface area (Å²) in [6.45, 7) is 5.49. The molecular formula is C17H26INO2. The highest BCUT2D eigenvalue weighted by Crippen LogP contribution is 2.29. The summed E-state index contributed by atoms with van der Waals surface area (Å²) in [5.74, 6) is -0.293. The van der Waals surface area contributed by atoms with E-state index in [2.05, 4.69) is 47.8 Å². The Labute approximate surface area is 142 Å². The fourth-order valence-electron chi connectivity index (χ4n) is 2.64. The van der Waals surface area contributed by atoms with Gasteiger partial charge in [-0.1, -0.05) is 32.4 Å². The molecule has 0 radical (unpaired) electrons. The van der Waals surface area contributed by atoms with Crippen LogP contribution in [-0.2, 0) is 9.53 Å². The van der Waals surface area contributed by atoms with E-state index in [-0.39, 0.29) is 17.3 Å². The summed E-state index contributed by atoms with van der Waals surface area (Å²) in [6, 6.07) is 8.12. The number of esters is 1. The number of benzene rings is 1. The summed E-state index contributed by atoms with van der Waals surface area (Å²) in [6.07, 6.45) is 2.94. The monoisotopic (exact) mass is 403 g/mol. The number of hydrogen-bond donors (Lipinski definition) is 1. The summed E-state index contributed by atoms with van der Waals surface area (Å²) in [4.78, 5) is 12.1. The van der Waals surface area contributed by atoms with E-state index < -0.39 is 0 Å². The molecule has 0 saturated heterocycles. The minimum Gasteiger partial charge on any atom is -0.469 e. The van der Waals surface area contributed by atoms with E-state index in [4.69, 9.17) is 4.74 Å². The lowest BCUT2D eigenvalue weighted by Crippen LogP contribution is -2.27. The summed E-state index contributed by atoms with van der Waals surface area (Å²) in [5, 5.41) is 3.23. The lowest BCUT2D eigenvalue weighted by Gasteiger charge is -2.25. The number of halogens is 1. The molecule has 0 saturated carbocycles. The van der Waals surface area contributed by atoms with Crippen LogP contribution in [0, 0.1) is 8.99 Å². The van der Waals surface area contributed by atoms with Crippen LogP contribution in [0.4, 0.5) is 0 Å². The zero-order valence-electron chi connectivity index (χ0n) is 13.4. The number of nitrogens with one attached hydrogen (secondary N) is 1. The minimum atomic E-state index is -0.157. The van der Waals surface area contributed by atoms with Crippen LogP contribution in [0.15, 0.2) is 24.3 Å². The summed E-state index contributed by atoms with van der Waals surface area (Å²) in [7, 11) is 3.44. The number of rotatable bonds is 8. The summed E-state index contributed by atoms with van der Waals surface area (Å²) >= 11 is 2.28. The van der Waals surface area contributed by atoms with Crippen molar-refractivity contribution in [1.82, 2.24) is 5.32 Å². The van der Waals surface area contributed by atoms with E-state index >= 15 is 0 Å². The standard InChI is InChI=1S/C17H26INO2/c1-17(2,12-19-3)10-6-9-15(16(20)21-4)13-7-5-8-14(18)11-13/h5,7-8,11,15,19H,6,9-10,12H2,1-4H3. The molecule has 0 aliphatic carbocycles. The van der Waals surface area contributed by atoms with E-state index in [0.717, 1.165) is 34.9 Å². The number of ether oxygens (including phenoxy) is 1. The molecular weight excluding hydrogens is 377 g/mol. The van der Waals surface area contributed by atoms with Crippen molar-refractivity contribution >= 4 is 28.6 Å². The third-order valence-electron chi connectivity index (χ3n) is 3.74. The van der Waals surface area contributed by atoms with Gasteiger partial charge in [0.05, 0.1) is 13.0 Å². The third kappa shape index (κ3) is 6.34. The molecule has 21 heavy (non-hydrogen) atoms. The van der Waals surface area contributed by atoms with Crippen LogP contribution in [0.25, 0.3) is 0 Å². The molecule has 0 aliphatic rings. The molecule has 1 aromatic rings. The molecule has 118 valence electrons. The summed E-state index contributed by atoms with van der Waals surface area (Å²) in [5.41, 5.74) is 1.31. The molecule has 1 aromatic carbocycles. The Morgan fingerprint density at radius 2 is 2.14 bits per heavy atom. The SMILES string of the molecule is CNCC(C)(C)CCCC(C(=O)OC)c1cccc(I)c1. The van der Waals surface area contributed by atoms with E-state index in [9.17, 15) is 4.79 Å². The van der Waals surface area contributed by atoms with Crippen molar-refractivity contribution in [2.45, 2.75) is 39.0 Å². The topological polar surface area (TPSA) is 38.3 Å². The Balaban J connectivity index is 2.70. The van der Waals surface area contributed by atoms with Gasteiger partial charge >= 0.3 is 5.97 Å². The van der Waals surface area contributed by atoms with Gasteiger partial charge in [-0.15, -0.1) is 0 Å². The van der Waals surface area contributed by atoms with E-state index in [1.807, 2.05) is 25.2 Å². The fourth-order valence-corrected chi connectivity index (χ4v) is 3.21. The molecule has 3 nitrogen and oxygen atoms in total. The highest BCUT2D eigenvalue weighted by molar-refractivity contribution is 14.1. The second-order valence-corrected chi connectivity index (χ2v) is 7.46. The van der Waals surface area contributed by atoms with Crippen LogP contribution in [0.3, 0.4) is 0 Å². The molecule has 1 atom stereocenters. The molecule has 0 aliphatic heterocycles. The Hall–Kier alpha value is -0.620. The highest BCUT2D eigenvalue weighted by Gasteiger charge is 2.23. The Morgan fingerprint density at radius 1 is 1.43 bits per heavy atom. The van der Waals surface area contributed by atoms with Gasteiger partial charge in [-0.05, 0) is 72.1 Å². The van der Waals surface area contributed by atoms with Crippen LogP contribution >= 0.6 is 22.6 Å². The fraction of sp³-hybridized carbons (Fsp3) is 0.588. The van der Waals surface area contributed by atoms with Crippen LogP contribution in [-0.4, -0.2) is 26.7 Å². The van der Waals surface area contributed by atoms with Crippen LogP contribution in [0.2, 0.25) is 0 Å². The number of hydrogen-bond acceptors (Lipinski definition) is 3. The molecule has 4 heteroatoms. The third-order valence-corrected chi connectivity index (χ3v) is 4.41. The zero-order chi connectivity index (χ0) is 15.9. The maximum absolute atomic E-state index is 12.1. The lowest BCUT2D eigenvalue weighted by molar-refractivity contribution is -0.142. The van der Waals surface area contributed by atoms with Gasteiger partial charge in [0.2, 0.25) is 0 Å². The predicted octanol–water partition coefficient (Wildman–Crippen LogP) is 3.96. The van der Waals surface area contributed by atoms with E-state index in [1.165, 1.54) is 7.11 Å². The van der Waals surface area contributed by atoms with Gasteiger partial charge in [-0.3, -0.25) is 4.79 Å². The van der Waals surface area contributed by atoms with Gasteiger partial charge in [-0.25, -0.2) is 0 Å². The first-order valence-electron chi connectivity index (χ1n) is 7.37. The van der Waals surface area contributed by atoms with Crippen LogP contribution < -0.4 is 5.32 Å². The molecule has 0 amide bonds. The van der Waals surface area contributed by atoms with Crippen molar-refractivity contribution in [3.05, 3.63) is 33.4 Å². The second-order valence-electron chi connectivity index (χ2n) is 6.22. The van der Waals surface area contributed by atoms with Crippen molar-refractivity contribution in [2.24, 2.45) is 5.41 Å². The van der Waals surface area contributed by atoms with Gasteiger partial charge in [0.25, 0.3) is 0 Å². The molecule has 0 aromatic heterocycles. The predicted molar refractivity (Wildman–Crippen MR) is 95.5 cm³/mol. The van der Waals surface area contributed by atoms with Crippen molar-refractivity contribution in [3.8, 4) is 0 Å². The quantitative estimate of drug-likeness (QED) is 0.528. The maximum atomic E-state index is 12.1. The zero-order valence-corrected chi connectivity index (χ0v) is 15.6. The lowest BCUT2D eigenvalue weighted by atomic mass is 9.84. The van der Waals surface area contributed by atoms with Crippen molar-refractivity contribution in [1.29, 1.82) is 0 Å². The molecule has 1 N–H and O–H groups in total. The first kappa shape index (κ1) is 18.4. The van der Waals surface area contributed by atoms with Crippen molar-refractivity contribution < 1.29 is 9.53 Å². The van der Waals surface area contributed by atoms with E-state index in [0.29, 0.717) is 0 Å². The minimum absolute atomic E-state index is 0.136. The van der Waals surface area contributed by atoms with Gasteiger partial charge < -0.3 is 10.1 Å². The molecule has 1 unspecified atom stereocenters. The van der Waals surface area contributed by atoms with Gasteiger partial charge in [-0.2, -0.15) is 0 Å². The number of carbonyl (C=O) groups excluding carboxylic acids is 1. The smallest absolute Gasteiger partial charge is 0.313 e. The van der Waals surface area contributed by atoms with Gasteiger partial charge in [0, 0.05) is 3.57 Å². The Bertz CT molecular complexity index is 460. The maximum Gasteiger partial charge on any atom is 0.313 e. The van der Waals surface area contributed by atoms with E-state index in [1.54, 1.807) is 0 Å². The second kappa shape index (κ2) is 8.73. The van der Waals surface area contributed by atoms with Crippen LogP contribution in [0.5, 0.6) is 0 Å². The summed E-state index contributed by atoms with van der Waals surface area (Å²) < 4.78 is 6.13.